The number of halogens is 3. The quantitative estimate of drug-likeness (QED) is 0.535. The fourth-order valence-electron chi connectivity index (χ4n) is 3.32. The number of rotatable bonds is 4. The molecule has 1 amide bonds. The number of nitrogens with zero attached hydrogens (tertiary/aromatic N) is 4. The van der Waals surface area contributed by atoms with Crippen molar-refractivity contribution in [1.82, 2.24) is 19.7 Å². The number of amides is 1. The summed E-state index contributed by atoms with van der Waals surface area (Å²) in [6.07, 6.45) is 6.91. The molecule has 1 aliphatic rings. The Bertz CT molecular complexity index is 1020. The van der Waals surface area contributed by atoms with Crippen molar-refractivity contribution in [3.05, 3.63) is 45.1 Å². The highest BCUT2D eigenvalue weighted by molar-refractivity contribution is 9.11. The summed E-state index contributed by atoms with van der Waals surface area (Å²) in [6.45, 7) is 0. The molecule has 0 radical (unpaired) electrons. The molecule has 1 N–H and O–H groups in total. The summed E-state index contributed by atoms with van der Waals surface area (Å²) < 4.78 is 30.3. The third kappa shape index (κ3) is 3.97. The molecule has 0 bridgehead atoms. The lowest BCUT2D eigenvalue weighted by atomic mass is 9.96. The van der Waals surface area contributed by atoms with Crippen LogP contribution in [0.1, 0.15) is 48.6 Å². The molecule has 10 heteroatoms. The number of aromatic nitrogens is 4. The topological polar surface area (TPSA) is 72.7 Å². The van der Waals surface area contributed by atoms with E-state index in [1.807, 2.05) is 0 Å². The predicted molar refractivity (Wildman–Crippen MR) is 105 cm³/mol. The van der Waals surface area contributed by atoms with Crippen LogP contribution in [0.4, 0.5) is 14.5 Å². The molecule has 3 heterocycles. The van der Waals surface area contributed by atoms with Crippen molar-refractivity contribution in [2.24, 2.45) is 0 Å². The average Bonchev–Trinajstić information content (AvgIpc) is 3.31. The van der Waals surface area contributed by atoms with E-state index < -0.39 is 17.7 Å². The predicted octanol–water partition coefficient (Wildman–Crippen LogP) is 5.20. The van der Waals surface area contributed by atoms with Crippen molar-refractivity contribution in [3.8, 4) is 11.4 Å². The molecule has 3 aromatic heterocycles. The van der Waals surface area contributed by atoms with Crippen molar-refractivity contribution in [3.63, 3.8) is 0 Å². The molecule has 6 nitrogen and oxygen atoms in total. The van der Waals surface area contributed by atoms with E-state index in [2.05, 4.69) is 36.3 Å². The maximum Gasteiger partial charge on any atom is 0.275 e. The Morgan fingerprint density at radius 3 is 2.68 bits per heavy atom. The van der Waals surface area contributed by atoms with Crippen molar-refractivity contribution < 1.29 is 13.6 Å². The Hall–Kier alpha value is -2.20. The minimum atomic E-state index is -0.815. The normalized spacial score (nSPS) is 15.0. The zero-order chi connectivity index (χ0) is 19.7. The van der Waals surface area contributed by atoms with Crippen LogP contribution in [0.15, 0.2) is 27.6 Å². The largest absolute Gasteiger partial charge is 0.317 e. The van der Waals surface area contributed by atoms with E-state index in [0.29, 0.717) is 3.92 Å². The second kappa shape index (κ2) is 8.04. The molecule has 0 unspecified atom stereocenters. The summed E-state index contributed by atoms with van der Waals surface area (Å²) >= 11 is 4.50. The smallest absolute Gasteiger partial charge is 0.275 e. The minimum Gasteiger partial charge on any atom is -0.317 e. The zero-order valence-corrected chi connectivity index (χ0v) is 17.1. The van der Waals surface area contributed by atoms with E-state index in [4.69, 9.17) is 0 Å². The van der Waals surface area contributed by atoms with E-state index >= 15 is 0 Å². The maximum absolute atomic E-state index is 14.3. The fourth-order valence-corrected chi connectivity index (χ4v) is 4.31. The summed E-state index contributed by atoms with van der Waals surface area (Å²) in [6, 6.07) is 2.10. The van der Waals surface area contributed by atoms with Gasteiger partial charge in [-0.3, -0.25) is 9.48 Å². The number of hydrogen-bond acceptors (Lipinski definition) is 5. The van der Waals surface area contributed by atoms with E-state index in [-0.39, 0.29) is 28.8 Å². The van der Waals surface area contributed by atoms with Crippen molar-refractivity contribution in [1.29, 1.82) is 0 Å². The Morgan fingerprint density at radius 1 is 1.18 bits per heavy atom. The van der Waals surface area contributed by atoms with E-state index in [9.17, 15) is 13.6 Å². The van der Waals surface area contributed by atoms with Crippen LogP contribution in [-0.4, -0.2) is 25.7 Å². The van der Waals surface area contributed by atoms with Crippen LogP contribution in [0.2, 0.25) is 0 Å². The molecule has 3 aromatic rings. The second-order valence-electron chi connectivity index (χ2n) is 6.57. The molecule has 0 spiro atoms. The zero-order valence-electron chi connectivity index (χ0n) is 14.7. The van der Waals surface area contributed by atoms with Gasteiger partial charge in [-0.05, 0) is 40.9 Å². The summed E-state index contributed by atoms with van der Waals surface area (Å²) in [4.78, 5) is 20.3. The molecule has 1 aliphatic carbocycles. The standard InChI is InChI=1S/C18H16BrF2N5OS/c19-18-23-13(9-28-18)17(27)22-12-8-26(10-4-2-1-3-5-10)25-16(12)15-11(20)6-7-14(21)24-15/h6-10H,1-5H2,(H,22,27). The molecule has 28 heavy (non-hydrogen) atoms. The minimum absolute atomic E-state index is 0.102. The monoisotopic (exact) mass is 467 g/mol. The van der Waals surface area contributed by atoms with Crippen LogP contribution in [0.25, 0.3) is 11.4 Å². The average molecular weight is 468 g/mol. The SMILES string of the molecule is O=C(Nc1cn(C2CCCCC2)nc1-c1nc(F)ccc1F)c1csc(Br)n1. The number of pyridine rings is 1. The molecule has 1 fully saturated rings. The maximum atomic E-state index is 14.3. The van der Waals surface area contributed by atoms with Gasteiger partial charge >= 0.3 is 0 Å². The first-order chi connectivity index (χ1) is 13.5. The number of carbonyl (C=O) groups excluding carboxylic acids is 1. The highest BCUT2D eigenvalue weighted by Crippen LogP contribution is 2.33. The summed E-state index contributed by atoms with van der Waals surface area (Å²) in [7, 11) is 0. The Balaban J connectivity index is 1.73. The van der Waals surface area contributed by atoms with Gasteiger partial charge in [0.15, 0.2) is 9.73 Å². The molecular weight excluding hydrogens is 452 g/mol. The van der Waals surface area contributed by atoms with E-state index in [1.54, 1.807) is 16.3 Å². The highest BCUT2D eigenvalue weighted by Gasteiger charge is 2.24. The molecule has 146 valence electrons. The summed E-state index contributed by atoms with van der Waals surface area (Å²) in [5.41, 5.74) is 0.368. The van der Waals surface area contributed by atoms with Crippen LogP contribution in [0, 0.1) is 11.8 Å². The lowest BCUT2D eigenvalue weighted by Crippen LogP contribution is -2.14. The fraction of sp³-hybridized carbons (Fsp3) is 0.333. The molecule has 0 saturated heterocycles. The van der Waals surface area contributed by atoms with Crippen LogP contribution in [-0.2, 0) is 0 Å². The molecule has 0 aromatic carbocycles. The van der Waals surface area contributed by atoms with Crippen molar-refractivity contribution >= 4 is 38.9 Å². The van der Waals surface area contributed by atoms with Gasteiger partial charge in [0, 0.05) is 11.6 Å². The van der Waals surface area contributed by atoms with Crippen LogP contribution < -0.4 is 5.32 Å². The Kier molecular flexibility index (Phi) is 5.49. The number of nitrogens with one attached hydrogen (secondary N) is 1. The number of carbonyl (C=O) groups is 1. The molecule has 4 rings (SSSR count). The van der Waals surface area contributed by atoms with Gasteiger partial charge in [0.25, 0.3) is 5.91 Å². The summed E-state index contributed by atoms with van der Waals surface area (Å²) in [5, 5.41) is 8.78. The number of thiazole rings is 1. The van der Waals surface area contributed by atoms with Crippen molar-refractivity contribution in [2.75, 3.05) is 5.32 Å². The van der Waals surface area contributed by atoms with Gasteiger partial charge in [-0.2, -0.15) is 9.49 Å². The van der Waals surface area contributed by atoms with Gasteiger partial charge in [0.2, 0.25) is 5.95 Å². The van der Waals surface area contributed by atoms with Gasteiger partial charge in [0.1, 0.15) is 17.1 Å². The van der Waals surface area contributed by atoms with Gasteiger partial charge in [0.05, 0.1) is 11.7 Å². The van der Waals surface area contributed by atoms with Gasteiger partial charge < -0.3 is 5.32 Å². The lowest BCUT2D eigenvalue weighted by molar-refractivity contribution is 0.102. The lowest BCUT2D eigenvalue weighted by Gasteiger charge is -2.21. The molecule has 0 atom stereocenters. The van der Waals surface area contributed by atoms with E-state index in [0.717, 1.165) is 37.8 Å². The third-order valence-electron chi connectivity index (χ3n) is 4.67. The molecular formula is C18H16BrF2N5OS. The van der Waals surface area contributed by atoms with Gasteiger partial charge in [-0.25, -0.2) is 14.4 Å². The molecule has 1 saturated carbocycles. The van der Waals surface area contributed by atoms with Gasteiger partial charge in [-0.1, -0.05) is 19.3 Å². The first kappa shape index (κ1) is 19.1. The Labute approximate surface area is 172 Å². The first-order valence-corrected chi connectivity index (χ1v) is 10.5. The van der Waals surface area contributed by atoms with Crippen LogP contribution in [0.5, 0.6) is 0 Å². The van der Waals surface area contributed by atoms with Crippen LogP contribution >= 0.6 is 27.3 Å². The van der Waals surface area contributed by atoms with E-state index in [1.165, 1.54) is 17.8 Å². The second-order valence-corrected chi connectivity index (χ2v) is 8.70. The van der Waals surface area contributed by atoms with Gasteiger partial charge in [-0.15, -0.1) is 11.3 Å². The number of anilines is 1. The first-order valence-electron chi connectivity index (χ1n) is 8.85. The third-order valence-corrected chi connectivity index (χ3v) is 6.04. The highest BCUT2D eigenvalue weighted by atomic mass is 79.9. The summed E-state index contributed by atoms with van der Waals surface area (Å²) in [5.74, 6) is -1.98. The van der Waals surface area contributed by atoms with Crippen molar-refractivity contribution in [2.45, 2.75) is 38.1 Å². The Morgan fingerprint density at radius 2 is 1.96 bits per heavy atom. The molecule has 0 aliphatic heterocycles. The number of hydrogen-bond donors (Lipinski definition) is 1. The van der Waals surface area contributed by atoms with Crippen LogP contribution in [0.3, 0.4) is 0 Å².